The first kappa shape index (κ1) is 21.1. The van der Waals surface area contributed by atoms with Gasteiger partial charge in [-0.3, -0.25) is 9.59 Å². The minimum atomic E-state index is -2.19. The molecule has 30 heavy (non-hydrogen) atoms. The highest BCUT2D eigenvalue weighted by Crippen LogP contribution is 2.33. The third kappa shape index (κ3) is 3.91. The lowest BCUT2D eigenvalue weighted by Gasteiger charge is -2.12. The molecule has 0 saturated carbocycles. The van der Waals surface area contributed by atoms with E-state index in [1.807, 2.05) is 0 Å². The molecule has 0 atom stereocenters. The van der Waals surface area contributed by atoms with Crippen LogP contribution in [0.15, 0.2) is 40.5 Å². The topological polar surface area (TPSA) is 102 Å². The number of hydrogen-bond acceptors (Lipinski definition) is 7. The maximum absolute atomic E-state index is 13.9. The lowest BCUT2D eigenvalue weighted by molar-refractivity contribution is -0.135. The first-order chi connectivity index (χ1) is 14.2. The molecule has 2 heterocycles. The van der Waals surface area contributed by atoms with Gasteiger partial charge in [-0.15, -0.1) is 0 Å². The molecule has 154 valence electrons. The number of carbonyl (C=O) groups excluding carboxylic acids is 3. The molecule has 0 aliphatic carbocycles. The number of nitrogens with zero attached hydrogens (tertiary/aromatic N) is 4. The molecule has 2 amide bonds. The van der Waals surface area contributed by atoms with Crippen molar-refractivity contribution in [1.29, 1.82) is 0 Å². The third-order valence-electron chi connectivity index (χ3n) is 3.54. The van der Waals surface area contributed by atoms with E-state index < -0.39 is 51.8 Å². The monoisotopic (exact) mass is 440 g/mol. The summed E-state index contributed by atoms with van der Waals surface area (Å²) in [6, 6.07) is 1.57. The number of esters is 1. The highest BCUT2D eigenvalue weighted by Gasteiger charge is 2.38. The second-order valence-electron chi connectivity index (χ2n) is 5.37. The Morgan fingerprint density at radius 1 is 1.13 bits per heavy atom. The molecule has 0 N–H and O–H groups in total. The van der Waals surface area contributed by atoms with Gasteiger partial charge in [0.2, 0.25) is 5.95 Å². The van der Waals surface area contributed by atoms with Crippen LogP contribution in [0.25, 0.3) is 0 Å². The molecular formula is C17H8F4N4O4S. The van der Waals surface area contributed by atoms with Crippen molar-refractivity contribution in [2.24, 2.45) is 4.99 Å². The van der Waals surface area contributed by atoms with Gasteiger partial charge >= 0.3 is 5.97 Å². The van der Waals surface area contributed by atoms with Crippen molar-refractivity contribution in [3.8, 4) is 0 Å². The SMILES string of the molecule is COC(=O)C=C1SC(=NC(=O)c2cc(F)c(F)c(F)c2F)N(c2ncccn2)C1=O. The third-order valence-corrected chi connectivity index (χ3v) is 4.51. The van der Waals surface area contributed by atoms with E-state index in [1.54, 1.807) is 0 Å². The van der Waals surface area contributed by atoms with E-state index >= 15 is 0 Å². The van der Waals surface area contributed by atoms with Crippen LogP contribution in [-0.4, -0.2) is 40.0 Å². The van der Waals surface area contributed by atoms with Crippen molar-refractivity contribution in [3.63, 3.8) is 0 Å². The van der Waals surface area contributed by atoms with Crippen LogP contribution in [0.3, 0.4) is 0 Å². The summed E-state index contributed by atoms with van der Waals surface area (Å²) in [5.74, 6) is -11.5. The van der Waals surface area contributed by atoms with Crippen molar-refractivity contribution in [3.05, 3.63) is 64.3 Å². The number of halogens is 4. The van der Waals surface area contributed by atoms with E-state index in [0.717, 1.165) is 18.1 Å². The van der Waals surface area contributed by atoms with Crippen molar-refractivity contribution < 1.29 is 36.7 Å². The Labute approximate surface area is 169 Å². The van der Waals surface area contributed by atoms with Crippen LogP contribution in [0.2, 0.25) is 0 Å². The van der Waals surface area contributed by atoms with Crippen LogP contribution in [0.4, 0.5) is 23.5 Å². The molecule has 1 aliphatic heterocycles. The van der Waals surface area contributed by atoms with Gasteiger partial charge in [0, 0.05) is 18.5 Å². The predicted molar refractivity (Wildman–Crippen MR) is 95.2 cm³/mol. The Kier molecular flexibility index (Phi) is 5.91. The van der Waals surface area contributed by atoms with Gasteiger partial charge in [0.25, 0.3) is 11.8 Å². The van der Waals surface area contributed by atoms with Crippen LogP contribution in [0, 0.1) is 23.3 Å². The number of amides is 2. The summed E-state index contributed by atoms with van der Waals surface area (Å²) in [5, 5.41) is -0.434. The van der Waals surface area contributed by atoms with Crippen molar-refractivity contribution in [2.45, 2.75) is 0 Å². The molecule has 13 heteroatoms. The molecule has 3 rings (SSSR count). The zero-order chi connectivity index (χ0) is 22.0. The molecule has 1 aromatic heterocycles. The minimum Gasteiger partial charge on any atom is -0.466 e. The van der Waals surface area contributed by atoms with E-state index in [4.69, 9.17) is 0 Å². The molecule has 1 saturated heterocycles. The normalized spacial score (nSPS) is 16.4. The highest BCUT2D eigenvalue weighted by molar-refractivity contribution is 8.19. The van der Waals surface area contributed by atoms with Gasteiger partial charge in [-0.05, 0) is 23.9 Å². The molecule has 1 aromatic carbocycles. The van der Waals surface area contributed by atoms with Crippen LogP contribution in [-0.2, 0) is 14.3 Å². The number of ether oxygens (including phenoxy) is 1. The first-order valence-corrected chi connectivity index (χ1v) is 8.61. The maximum Gasteiger partial charge on any atom is 0.331 e. The van der Waals surface area contributed by atoms with Crippen molar-refractivity contribution in [1.82, 2.24) is 9.97 Å². The number of aliphatic imine (C=N–C) groups is 1. The lowest BCUT2D eigenvalue weighted by atomic mass is 10.2. The summed E-state index contributed by atoms with van der Waals surface area (Å²) >= 11 is 0.508. The Balaban J connectivity index is 2.08. The average Bonchev–Trinajstić information content (AvgIpc) is 3.03. The zero-order valence-electron chi connectivity index (χ0n) is 14.7. The fraction of sp³-hybridized carbons (Fsp3) is 0.0588. The number of carbonyl (C=O) groups is 3. The predicted octanol–water partition coefficient (Wildman–Crippen LogP) is 2.37. The highest BCUT2D eigenvalue weighted by atomic mass is 32.2. The second kappa shape index (κ2) is 8.41. The van der Waals surface area contributed by atoms with Crippen molar-refractivity contribution in [2.75, 3.05) is 12.0 Å². The fourth-order valence-corrected chi connectivity index (χ4v) is 3.09. The molecule has 1 fully saturated rings. The Bertz CT molecular complexity index is 1120. The number of benzene rings is 1. The van der Waals surface area contributed by atoms with Crippen molar-refractivity contribution >= 4 is 40.7 Å². The van der Waals surface area contributed by atoms with E-state index in [1.165, 1.54) is 18.5 Å². The van der Waals surface area contributed by atoms with E-state index in [-0.39, 0.29) is 16.9 Å². The van der Waals surface area contributed by atoms with Gasteiger partial charge in [0.1, 0.15) is 0 Å². The number of anilines is 1. The smallest absolute Gasteiger partial charge is 0.331 e. The van der Waals surface area contributed by atoms with Gasteiger partial charge in [0.05, 0.1) is 17.6 Å². The Hall–Kier alpha value is -3.61. The number of methoxy groups -OCH3 is 1. The molecule has 0 spiro atoms. The van der Waals surface area contributed by atoms with Gasteiger partial charge in [-0.2, -0.15) is 4.99 Å². The van der Waals surface area contributed by atoms with E-state index in [2.05, 4.69) is 19.7 Å². The Morgan fingerprint density at radius 3 is 2.43 bits per heavy atom. The summed E-state index contributed by atoms with van der Waals surface area (Å²) in [6.07, 6.45) is 3.35. The molecular weight excluding hydrogens is 432 g/mol. The van der Waals surface area contributed by atoms with E-state index in [0.29, 0.717) is 11.8 Å². The molecule has 2 aromatic rings. The maximum atomic E-state index is 13.9. The number of aromatic nitrogens is 2. The van der Waals surface area contributed by atoms with Crippen LogP contribution >= 0.6 is 11.8 Å². The van der Waals surface area contributed by atoms with Gasteiger partial charge in [0.15, 0.2) is 28.4 Å². The van der Waals surface area contributed by atoms with Gasteiger partial charge in [-0.1, -0.05) is 0 Å². The summed E-state index contributed by atoms with van der Waals surface area (Å²) < 4.78 is 58.3. The number of rotatable bonds is 3. The number of amidine groups is 1. The lowest BCUT2D eigenvalue weighted by Crippen LogP contribution is -2.31. The van der Waals surface area contributed by atoms with Gasteiger partial charge < -0.3 is 4.74 Å². The van der Waals surface area contributed by atoms with Crippen LogP contribution in [0.1, 0.15) is 10.4 Å². The molecule has 0 radical (unpaired) electrons. The standard InChI is InChI=1S/C17H8F4N4O4S/c1-29-10(26)6-9-15(28)25(16-22-3-2-4-23-16)17(30-9)24-14(27)7-5-8(18)12(20)13(21)11(7)19/h2-6H,1H3. The quantitative estimate of drug-likeness (QED) is 0.237. The number of hydrogen-bond donors (Lipinski definition) is 0. The minimum absolute atomic E-state index is 0.135. The summed E-state index contributed by atoms with van der Waals surface area (Å²) in [4.78, 5) is 48.1. The molecule has 1 aliphatic rings. The number of thioether (sulfide) groups is 1. The summed E-state index contributed by atoms with van der Waals surface area (Å²) in [6.45, 7) is 0. The van der Waals surface area contributed by atoms with Crippen LogP contribution in [0.5, 0.6) is 0 Å². The summed E-state index contributed by atoms with van der Waals surface area (Å²) in [7, 11) is 1.07. The molecule has 8 nitrogen and oxygen atoms in total. The van der Waals surface area contributed by atoms with Gasteiger partial charge in [-0.25, -0.2) is 37.2 Å². The first-order valence-electron chi connectivity index (χ1n) is 7.79. The fourth-order valence-electron chi connectivity index (χ4n) is 2.17. The largest absolute Gasteiger partial charge is 0.466 e. The Morgan fingerprint density at radius 2 is 1.80 bits per heavy atom. The molecule has 0 bridgehead atoms. The average molecular weight is 440 g/mol. The zero-order valence-corrected chi connectivity index (χ0v) is 15.5. The summed E-state index contributed by atoms with van der Waals surface area (Å²) in [5.41, 5.74) is -1.20. The second-order valence-corrected chi connectivity index (χ2v) is 6.38. The van der Waals surface area contributed by atoms with E-state index in [9.17, 15) is 31.9 Å². The van der Waals surface area contributed by atoms with Crippen LogP contribution < -0.4 is 4.90 Å². The molecule has 0 unspecified atom stereocenters.